The number of hydrogen-bond acceptors (Lipinski definition) is 5. The molecule has 0 saturated carbocycles. The number of carbonyl (C=O) groups is 1. The van der Waals surface area contributed by atoms with Gasteiger partial charge >= 0.3 is 0 Å². The maximum atomic E-state index is 12.9. The van der Waals surface area contributed by atoms with Gasteiger partial charge in [0.2, 0.25) is 0 Å². The van der Waals surface area contributed by atoms with Crippen molar-refractivity contribution in [3.05, 3.63) is 53.6 Å². The molecular weight excluding hydrogens is 352 g/mol. The molecule has 0 aromatic carbocycles. The van der Waals surface area contributed by atoms with Crippen molar-refractivity contribution in [2.24, 2.45) is 5.41 Å². The predicted molar refractivity (Wildman–Crippen MR) is 108 cm³/mol. The monoisotopic (exact) mass is 380 g/mol. The van der Waals surface area contributed by atoms with Crippen LogP contribution in [0.3, 0.4) is 0 Å². The zero-order chi connectivity index (χ0) is 19.7. The van der Waals surface area contributed by atoms with Crippen molar-refractivity contribution in [1.29, 1.82) is 0 Å². The molecule has 0 unspecified atom stereocenters. The van der Waals surface area contributed by atoms with E-state index in [0.717, 1.165) is 49.6 Å². The highest BCUT2D eigenvalue weighted by atomic mass is 16.3. The third-order valence-electron chi connectivity index (χ3n) is 6.10. The number of aryl methyl sites for hydroxylation is 2. The number of pyridine rings is 2. The summed E-state index contributed by atoms with van der Waals surface area (Å²) in [5.41, 5.74) is 3.34. The molecule has 1 amide bonds. The van der Waals surface area contributed by atoms with Crippen LogP contribution in [0.4, 0.5) is 5.69 Å². The number of likely N-dealkylation sites (tertiary alicyclic amines) is 1. The number of nitrogens with zero attached hydrogens (tertiary/aromatic N) is 4. The summed E-state index contributed by atoms with van der Waals surface area (Å²) < 4.78 is 0. The Morgan fingerprint density at radius 3 is 2.68 bits per heavy atom. The first-order valence-electron chi connectivity index (χ1n) is 10.1. The number of anilines is 1. The number of aliphatic hydroxyl groups is 1. The maximum Gasteiger partial charge on any atom is 0.272 e. The Balaban J connectivity index is 1.57. The number of amides is 1. The molecule has 2 atom stereocenters. The van der Waals surface area contributed by atoms with E-state index in [0.29, 0.717) is 18.7 Å². The lowest BCUT2D eigenvalue weighted by Crippen LogP contribution is -2.60. The lowest BCUT2D eigenvalue weighted by Gasteiger charge is -2.51. The molecule has 4 heterocycles. The molecule has 2 fully saturated rings. The molecule has 2 saturated heterocycles. The predicted octanol–water partition coefficient (Wildman–Crippen LogP) is 2.59. The van der Waals surface area contributed by atoms with Gasteiger partial charge < -0.3 is 14.9 Å². The molecule has 6 nitrogen and oxygen atoms in total. The maximum absolute atomic E-state index is 12.9. The fraction of sp³-hybridized carbons (Fsp3) is 0.500. The van der Waals surface area contributed by atoms with Gasteiger partial charge in [0.25, 0.3) is 5.91 Å². The van der Waals surface area contributed by atoms with Gasteiger partial charge in [-0.3, -0.25) is 14.8 Å². The second kappa shape index (κ2) is 7.51. The quantitative estimate of drug-likeness (QED) is 0.867. The van der Waals surface area contributed by atoms with E-state index in [4.69, 9.17) is 0 Å². The number of carbonyl (C=O) groups excluding carboxylic acids is 1. The van der Waals surface area contributed by atoms with Gasteiger partial charge in [-0.25, -0.2) is 0 Å². The van der Waals surface area contributed by atoms with Gasteiger partial charge in [-0.05, 0) is 57.4 Å². The molecular formula is C22H28N4O2. The van der Waals surface area contributed by atoms with E-state index in [1.807, 2.05) is 30.9 Å². The van der Waals surface area contributed by atoms with E-state index in [1.165, 1.54) is 0 Å². The lowest BCUT2D eigenvalue weighted by molar-refractivity contribution is -0.0362. The van der Waals surface area contributed by atoms with Crippen LogP contribution in [0.1, 0.15) is 41.1 Å². The van der Waals surface area contributed by atoms with Crippen molar-refractivity contribution in [2.75, 3.05) is 31.1 Å². The van der Waals surface area contributed by atoms with Crippen LogP contribution in [0.2, 0.25) is 0 Å². The number of aliphatic hydroxyl groups excluding tert-OH is 1. The van der Waals surface area contributed by atoms with E-state index in [9.17, 15) is 9.90 Å². The van der Waals surface area contributed by atoms with Crippen molar-refractivity contribution in [3.8, 4) is 0 Å². The Morgan fingerprint density at radius 1 is 1.18 bits per heavy atom. The summed E-state index contributed by atoms with van der Waals surface area (Å²) in [6.45, 7) is 6.89. The Morgan fingerprint density at radius 2 is 1.96 bits per heavy atom. The SMILES string of the molecule is Cc1cc(N2CC[C@@H](O)[C@]3(CCCN(C(=O)c4ccccn4)C3)C2)cc(C)n1. The minimum Gasteiger partial charge on any atom is -0.392 e. The molecule has 6 heteroatoms. The highest BCUT2D eigenvalue weighted by Crippen LogP contribution is 2.40. The lowest BCUT2D eigenvalue weighted by atomic mass is 9.71. The van der Waals surface area contributed by atoms with Crippen LogP contribution in [0.15, 0.2) is 36.5 Å². The highest BCUT2D eigenvalue weighted by Gasteiger charge is 2.46. The third-order valence-corrected chi connectivity index (χ3v) is 6.10. The van der Waals surface area contributed by atoms with Crippen LogP contribution in [-0.4, -0.2) is 58.2 Å². The van der Waals surface area contributed by atoms with Crippen molar-refractivity contribution in [1.82, 2.24) is 14.9 Å². The van der Waals surface area contributed by atoms with Crippen molar-refractivity contribution >= 4 is 11.6 Å². The fourth-order valence-electron chi connectivity index (χ4n) is 4.75. The van der Waals surface area contributed by atoms with Crippen molar-refractivity contribution in [2.45, 2.75) is 39.2 Å². The van der Waals surface area contributed by atoms with Crippen LogP contribution < -0.4 is 4.90 Å². The zero-order valence-electron chi connectivity index (χ0n) is 16.6. The standard InChI is InChI=1S/C22H28N4O2/c1-16-12-18(13-17(2)24-16)25-11-7-20(27)22(14-25)8-5-10-26(15-22)21(28)19-6-3-4-9-23-19/h3-4,6,9,12-13,20,27H,5,7-8,10-11,14-15H2,1-2H3/t20-,22-/m1/s1. The second-order valence-corrected chi connectivity index (χ2v) is 8.24. The molecule has 2 aliphatic rings. The van der Waals surface area contributed by atoms with Crippen LogP contribution >= 0.6 is 0 Å². The Hall–Kier alpha value is -2.47. The number of piperidine rings is 2. The smallest absolute Gasteiger partial charge is 0.272 e. The number of aromatic nitrogens is 2. The molecule has 2 aromatic rings. The summed E-state index contributed by atoms with van der Waals surface area (Å²) in [5, 5.41) is 10.9. The summed E-state index contributed by atoms with van der Waals surface area (Å²) in [6, 6.07) is 9.63. The molecule has 0 bridgehead atoms. The molecule has 148 valence electrons. The first-order chi connectivity index (χ1) is 13.5. The molecule has 0 radical (unpaired) electrons. The number of rotatable bonds is 2. The topological polar surface area (TPSA) is 69.6 Å². The fourth-order valence-corrected chi connectivity index (χ4v) is 4.75. The molecule has 28 heavy (non-hydrogen) atoms. The summed E-state index contributed by atoms with van der Waals surface area (Å²) >= 11 is 0. The Labute approximate surface area is 166 Å². The van der Waals surface area contributed by atoms with E-state index in [2.05, 4.69) is 27.0 Å². The minimum absolute atomic E-state index is 0.0420. The Kier molecular flexibility index (Phi) is 5.06. The molecule has 0 aliphatic carbocycles. The van der Waals surface area contributed by atoms with Gasteiger partial charge in [-0.2, -0.15) is 0 Å². The average molecular weight is 380 g/mol. The van der Waals surface area contributed by atoms with E-state index >= 15 is 0 Å². The normalized spacial score (nSPS) is 25.2. The van der Waals surface area contributed by atoms with E-state index < -0.39 is 6.10 Å². The van der Waals surface area contributed by atoms with Crippen molar-refractivity contribution in [3.63, 3.8) is 0 Å². The molecule has 2 aliphatic heterocycles. The van der Waals surface area contributed by atoms with Gasteiger partial charge in [-0.1, -0.05) is 6.07 Å². The van der Waals surface area contributed by atoms with Gasteiger partial charge in [0.15, 0.2) is 0 Å². The molecule has 2 aromatic heterocycles. The van der Waals surface area contributed by atoms with Gasteiger partial charge in [0, 0.05) is 54.9 Å². The summed E-state index contributed by atoms with van der Waals surface area (Å²) in [7, 11) is 0. The zero-order valence-corrected chi connectivity index (χ0v) is 16.6. The highest BCUT2D eigenvalue weighted by molar-refractivity contribution is 5.92. The van der Waals surface area contributed by atoms with Crippen LogP contribution in [0.5, 0.6) is 0 Å². The first-order valence-corrected chi connectivity index (χ1v) is 10.1. The third kappa shape index (κ3) is 3.61. The van der Waals surface area contributed by atoms with Gasteiger partial charge in [-0.15, -0.1) is 0 Å². The van der Waals surface area contributed by atoms with Gasteiger partial charge in [0.1, 0.15) is 5.69 Å². The Bertz CT molecular complexity index is 837. The average Bonchev–Trinajstić information content (AvgIpc) is 2.70. The summed E-state index contributed by atoms with van der Waals surface area (Å²) in [6.07, 6.45) is 3.80. The van der Waals surface area contributed by atoms with Crippen LogP contribution in [0.25, 0.3) is 0 Å². The number of hydrogen-bond donors (Lipinski definition) is 1. The second-order valence-electron chi connectivity index (χ2n) is 8.24. The largest absolute Gasteiger partial charge is 0.392 e. The van der Waals surface area contributed by atoms with E-state index in [1.54, 1.807) is 12.3 Å². The molecule has 4 rings (SSSR count). The van der Waals surface area contributed by atoms with Crippen molar-refractivity contribution < 1.29 is 9.90 Å². The summed E-state index contributed by atoms with van der Waals surface area (Å²) in [4.78, 5) is 25.9. The molecule has 1 spiro atoms. The first kappa shape index (κ1) is 18.9. The summed E-state index contributed by atoms with van der Waals surface area (Å²) in [5.74, 6) is -0.0420. The minimum atomic E-state index is -0.396. The molecule has 1 N–H and O–H groups in total. The van der Waals surface area contributed by atoms with Crippen LogP contribution in [-0.2, 0) is 0 Å². The van der Waals surface area contributed by atoms with E-state index in [-0.39, 0.29) is 11.3 Å². The van der Waals surface area contributed by atoms with Gasteiger partial charge in [0.05, 0.1) is 6.10 Å². The van der Waals surface area contributed by atoms with Crippen LogP contribution in [0, 0.1) is 19.3 Å².